The van der Waals surface area contributed by atoms with Crippen molar-refractivity contribution >= 4 is 11.9 Å². The summed E-state index contributed by atoms with van der Waals surface area (Å²) in [6.45, 7) is 4.25. The lowest BCUT2D eigenvalue weighted by atomic mass is 10.1. The number of ether oxygens (including phenoxy) is 1. The van der Waals surface area contributed by atoms with Crippen LogP contribution in [0.1, 0.15) is 6.42 Å². The molecule has 21 heavy (non-hydrogen) atoms. The maximum atomic E-state index is 11.9. The third-order valence-corrected chi connectivity index (χ3v) is 3.47. The van der Waals surface area contributed by atoms with Gasteiger partial charge in [-0.05, 0) is 24.3 Å². The Balaban J connectivity index is 1.82. The Morgan fingerprint density at radius 1 is 1.38 bits per heavy atom. The molecule has 1 atom stereocenters. The Hall–Kier alpha value is -2.63. The van der Waals surface area contributed by atoms with Crippen LogP contribution in [0.3, 0.4) is 0 Å². The van der Waals surface area contributed by atoms with E-state index in [1.807, 2.05) is 24.3 Å². The second-order valence-corrected chi connectivity index (χ2v) is 4.82. The van der Waals surface area contributed by atoms with E-state index in [0.29, 0.717) is 18.9 Å². The summed E-state index contributed by atoms with van der Waals surface area (Å²) in [5.41, 5.74) is 0.779. The summed E-state index contributed by atoms with van der Waals surface area (Å²) in [6, 6.07) is 7.51. The largest absolute Gasteiger partial charge is 0.497 e. The van der Waals surface area contributed by atoms with Crippen molar-refractivity contribution < 1.29 is 13.9 Å². The fourth-order valence-electron chi connectivity index (χ4n) is 2.25. The van der Waals surface area contributed by atoms with Crippen molar-refractivity contribution in [2.45, 2.75) is 6.42 Å². The Morgan fingerprint density at radius 3 is 2.76 bits per heavy atom. The van der Waals surface area contributed by atoms with Crippen LogP contribution in [0.4, 0.5) is 6.01 Å². The molecule has 6 nitrogen and oxygen atoms in total. The Kier molecular flexibility index (Phi) is 3.43. The van der Waals surface area contributed by atoms with Crippen LogP contribution in [0.25, 0.3) is 11.5 Å². The average Bonchev–Trinajstić information content (AvgIpc) is 3.13. The summed E-state index contributed by atoms with van der Waals surface area (Å²) in [6.07, 6.45) is 2.21. The molecule has 1 aliphatic heterocycles. The number of nitrogens with zero attached hydrogens (tertiary/aromatic N) is 3. The van der Waals surface area contributed by atoms with Gasteiger partial charge in [0, 0.05) is 24.4 Å². The van der Waals surface area contributed by atoms with Gasteiger partial charge in [-0.2, -0.15) is 0 Å². The lowest BCUT2D eigenvalue weighted by molar-refractivity contribution is -0.117. The van der Waals surface area contributed by atoms with Gasteiger partial charge >= 0.3 is 6.01 Å². The van der Waals surface area contributed by atoms with E-state index >= 15 is 0 Å². The number of hydrogen-bond donors (Lipinski definition) is 0. The van der Waals surface area contributed by atoms with Gasteiger partial charge < -0.3 is 9.15 Å². The topological polar surface area (TPSA) is 68.5 Å². The highest BCUT2D eigenvalue weighted by atomic mass is 16.5. The predicted octanol–water partition coefficient (Wildman–Crippen LogP) is 2.28. The van der Waals surface area contributed by atoms with Crippen LogP contribution >= 0.6 is 0 Å². The molecule has 0 N–H and O–H groups in total. The maximum absolute atomic E-state index is 11.9. The van der Waals surface area contributed by atoms with Gasteiger partial charge in [-0.15, -0.1) is 11.7 Å². The summed E-state index contributed by atoms with van der Waals surface area (Å²) >= 11 is 0. The third kappa shape index (κ3) is 2.52. The number of carbonyl (C=O) groups is 1. The van der Waals surface area contributed by atoms with Crippen molar-refractivity contribution in [1.29, 1.82) is 0 Å². The highest BCUT2D eigenvalue weighted by molar-refractivity contribution is 5.94. The van der Waals surface area contributed by atoms with Crippen LogP contribution in [0.2, 0.25) is 0 Å². The van der Waals surface area contributed by atoms with Crippen molar-refractivity contribution in [2.24, 2.45) is 5.92 Å². The Labute approximate surface area is 122 Å². The minimum Gasteiger partial charge on any atom is -0.497 e. The van der Waals surface area contributed by atoms with Gasteiger partial charge in [0.1, 0.15) is 5.75 Å². The molecule has 1 saturated heterocycles. The lowest BCUT2D eigenvalue weighted by Crippen LogP contribution is -2.24. The predicted molar refractivity (Wildman–Crippen MR) is 76.9 cm³/mol. The molecule has 0 saturated carbocycles. The van der Waals surface area contributed by atoms with E-state index in [9.17, 15) is 4.79 Å². The second kappa shape index (κ2) is 5.40. The number of anilines is 1. The van der Waals surface area contributed by atoms with Crippen molar-refractivity contribution in [3.63, 3.8) is 0 Å². The van der Waals surface area contributed by atoms with Gasteiger partial charge in [0.2, 0.25) is 11.8 Å². The molecule has 0 aliphatic carbocycles. The molecular formula is C15H15N3O3. The van der Waals surface area contributed by atoms with Crippen LogP contribution in [-0.2, 0) is 4.79 Å². The van der Waals surface area contributed by atoms with Crippen LogP contribution in [-0.4, -0.2) is 29.8 Å². The molecule has 2 heterocycles. The molecule has 1 aliphatic rings. The molecule has 1 unspecified atom stereocenters. The summed E-state index contributed by atoms with van der Waals surface area (Å²) in [4.78, 5) is 13.4. The number of benzene rings is 1. The number of hydrogen-bond acceptors (Lipinski definition) is 5. The molecular weight excluding hydrogens is 270 g/mol. The Bertz CT molecular complexity index is 663. The molecule has 0 radical (unpaired) electrons. The zero-order valence-electron chi connectivity index (χ0n) is 11.7. The van der Waals surface area contributed by atoms with E-state index in [2.05, 4.69) is 16.8 Å². The maximum Gasteiger partial charge on any atom is 0.325 e. The first-order valence-corrected chi connectivity index (χ1v) is 6.62. The monoisotopic (exact) mass is 285 g/mol. The van der Waals surface area contributed by atoms with Crippen LogP contribution < -0.4 is 9.64 Å². The quantitative estimate of drug-likeness (QED) is 0.806. The van der Waals surface area contributed by atoms with Crippen molar-refractivity contribution in [1.82, 2.24) is 10.2 Å². The number of aromatic nitrogens is 2. The van der Waals surface area contributed by atoms with Gasteiger partial charge in [0.25, 0.3) is 0 Å². The number of rotatable bonds is 4. The van der Waals surface area contributed by atoms with E-state index in [1.54, 1.807) is 13.2 Å². The molecule has 2 aromatic rings. The van der Waals surface area contributed by atoms with Crippen LogP contribution in [0.5, 0.6) is 5.75 Å². The first kappa shape index (κ1) is 13.4. The highest BCUT2D eigenvalue weighted by Crippen LogP contribution is 2.28. The standard InChI is InChI=1S/C15H15N3O3/c1-3-10-8-13(19)18(9-10)15-17-16-14(21-15)11-4-6-12(20-2)7-5-11/h3-7,10H,1,8-9H2,2H3. The number of carbonyl (C=O) groups excluding carboxylic acids is 1. The van der Waals surface area contributed by atoms with Gasteiger partial charge in [0.05, 0.1) is 7.11 Å². The average molecular weight is 285 g/mol. The zero-order valence-corrected chi connectivity index (χ0v) is 11.7. The summed E-state index contributed by atoms with van der Waals surface area (Å²) in [5.74, 6) is 1.24. The molecule has 6 heteroatoms. The van der Waals surface area contributed by atoms with E-state index in [4.69, 9.17) is 9.15 Å². The smallest absolute Gasteiger partial charge is 0.325 e. The molecule has 1 aromatic carbocycles. The normalized spacial score (nSPS) is 18.0. The van der Waals surface area contributed by atoms with E-state index in [0.717, 1.165) is 11.3 Å². The number of amides is 1. The molecule has 3 rings (SSSR count). The molecule has 1 amide bonds. The molecule has 108 valence electrons. The van der Waals surface area contributed by atoms with Gasteiger partial charge in [-0.25, -0.2) is 0 Å². The molecule has 1 fully saturated rings. The van der Waals surface area contributed by atoms with E-state index in [1.165, 1.54) is 4.90 Å². The first-order chi connectivity index (χ1) is 10.2. The van der Waals surface area contributed by atoms with E-state index in [-0.39, 0.29) is 17.8 Å². The van der Waals surface area contributed by atoms with Crippen molar-refractivity contribution in [3.05, 3.63) is 36.9 Å². The fourth-order valence-corrected chi connectivity index (χ4v) is 2.25. The first-order valence-electron chi connectivity index (χ1n) is 6.62. The third-order valence-electron chi connectivity index (χ3n) is 3.47. The van der Waals surface area contributed by atoms with Crippen LogP contribution in [0.15, 0.2) is 41.3 Å². The lowest BCUT2D eigenvalue weighted by Gasteiger charge is -2.09. The Morgan fingerprint density at radius 2 is 2.14 bits per heavy atom. The second-order valence-electron chi connectivity index (χ2n) is 4.82. The fraction of sp³-hybridized carbons (Fsp3) is 0.267. The summed E-state index contributed by atoms with van der Waals surface area (Å²) < 4.78 is 10.7. The minimum absolute atomic E-state index is 0.0233. The van der Waals surface area contributed by atoms with Crippen LogP contribution in [0, 0.1) is 5.92 Å². The van der Waals surface area contributed by atoms with Gasteiger partial charge in [0.15, 0.2) is 0 Å². The number of methoxy groups -OCH3 is 1. The summed E-state index contributed by atoms with van der Waals surface area (Å²) in [7, 11) is 1.61. The van der Waals surface area contributed by atoms with Gasteiger partial charge in [-0.1, -0.05) is 11.2 Å². The SMILES string of the molecule is C=CC1CC(=O)N(c2nnc(-c3ccc(OC)cc3)o2)C1. The van der Waals surface area contributed by atoms with Gasteiger partial charge in [-0.3, -0.25) is 9.69 Å². The summed E-state index contributed by atoms with van der Waals surface area (Å²) in [5, 5.41) is 7.95. The molecule has 0 spiro atoms. The van der Waals surface area contributed by atoms with Crippen molar-refractivity contribution in [3.8, 4) is 17.2 Å². The zero-order chi connectivity index (χ0) is 14.8. The highest BCUT2D eigenvalue weighted by Gasteiger charge is 2.32. The minimum atomic E-state index is -0.0233. The van der Waals surface area contributed by atoms with E-state index < -0.39 is 0 Å². The molecule has 1 aromatic heterocycles. The molecule has 0 bridgehead atoms. The van der Waals surface area contributed by atoms with Crippen molar-refractivity contribution in [2.75, 3.05) is 18.6 Å².